The van der Waals surface area contributed by atoms with Crippen LogP contribution in [0.3, 0.4) is 0 Å². The number of hydrogen-bond donors (Lipinski definition) is 0. The van der Waals surface area contributed by atoms with E-state index in [9.17, 15) is 13.6 Å². The number of rotatable bonds is 2. The monoisotopic (exact) mass is 336 g/mol. The number of hydrogen-bond acceptors (Lipinski definition) is 2. The van der Waals surface area contributed by atoms with Crippen molar-refractivity contribution in [2.75, 3.05) is 0 Å². The smallest absolute Gasteiger partial charge is 0.170 e. The van der Waals surface area contributed by atoms with Crippen molar-refractivity contribution in [3.8, 4) is 11.4 Å². The number of pyridine rings is 1. The third-order valence-corrected chi connectivity index (χ3v) is 3.55. The average Bonchev–Trinajstić information content (AvgIpc) is 2.82. The molecule has 2 aromatic heterocycles. The van der Waals surface area contributed by atoms with E-state index in [4.69, 9.17) is 0 Å². The standard InChI is InChI=1S/C14H7BrF2N2O/c15-13-3-1-2-12-11(7-20)18-14(19(12)13)8-4-5-9(16)10(17)6-8/h1-7H. The van der Waals surface area contributed by atoms with Gasteiger partial charge in [0.2, 0.25) is 0 Å². The number of aldehydes is 1. The van der Waals surface area contributed by atoms with Crippen LogP contribution in [0, 0.1) is 11.6 Å². The summed E-state index contributed by atoms with van der Waals surface area (Å²) in [7, 11) is 0. The summed E-state index contributed by atoms with van der Waals surface area (Å²) in [4.78, 5) is 15.3. The number of benzene rings is 1. The Balaban J connectivity index is 2.35. The van der Waals surface area contributed by atoms with Crippen molar-refractivity contribution in [1.29, 1.82) is 0 Å². The van der Waals surface area contributed by atoms with Crippen LogP contribution in [0.2, 0.25) is 0 Å². The van der Waals surface area contributed by atoms with Crippen LogP contribution in [0.4, 0.5) is 8.78 Å². The highest BCUT2D eigenvalue weighted by Crippen LogP contribution is 2.27. The molecule has 0 saturated carbocycles. The van der Waals surface area contributed by atoms with Gasteiger partial charge in [0.05, 0.1) is 10.1 Å². The zero-order valence-corrected chi connectivity index (χ0v) is 11.6. The quantitative estimate of drug-likeness (QED) is 0.526. The molecule has 100 valence electrons. The van der Waals surface area contributed by atoms with E-state index in [0.29, 0.717) is 27.8 Å². The van der Waals surface area contributed by atoms with Gasteiger partial charge >= 0.3 is 0 Å². The van der Waals surface area contributed by atoms with Crippen LogP contribution < -0.4 is 0 Å². The van der Waals surface area contributed by atoms with Crippen LogP contribution in [-0.2, 0) is 0 Å². The van der Waals surface area contributed by atoms with Gasteiger partial charge in [-0.3, -0.25) is 9.20 Å². The molecule has 2 heterocycles. The minimum absolute atomic E-state index is 0.242. The van der Waals surface area contributed by atoms with E-state index in [0.717, 1.165) is 12.1 Å². The number of imidazole rings is 1. The van der Waals surface area contributed by atoms with Crippen LogP contribution in [0.5, 0.6) is 0 Å². The fourth-order valence-corrected chi connectivity index (χ4v) is 2.55. The maximum atomic E-state index is 13.4. The molecule has 3 nitrogen and oxygen atoms in total. The number of aromatic nitrogens is 2. The lowest BCUT2D eigenvalue weighted by Crippen LogP contribution is -1.93. The maximum absolute atomic E-state index is 13.4. The zero-order chi connectivity index (χ0) is 14.3. The first-order valence-electron chi connectivity index (χ1n) is 5.69. The van der Waals surface area contributed by atoms with Crippen molar-refractivity contribution < 1.29 is 13.6 Å². The van der Waals surface area contributed by atoms with Crippen molar-refractivity contribution in [3.63, 3.8) is 0 Å². The van der Waals surface area contributed by atoms with E-state index >= 15 is 0 Å². The molecule has 0 aliphatic rings. The van der Waals surface area contributed by atoms with Gasteiger partial charge in [-0.1, -0.05) is 6.07 Å². The molecule has 0 aliphatic heterocycles. The Morgan fingerprint density at radius 3 is 2.65 bits per heavy atom. The Kier molecular flexibility index (Phi) is 3.10. The molecule has 0 spiro atoms. The summed E-state index contributed by atoms with van der Waals surface area (Å²) in [6.07, 6.45) is 0.630. The summed E-state index contributed by atoms with van der Waals surface area (Å²) in [6.45, 7) is 0. The Bertz CT molecular complexity index is 829. The van der Waals surface area contributed by atoms with Crippen LogP contribution in [0.25, 0.3) is 16.9 Å². The lowest BCUT2D eigenvalue weighted by atomic mass is 10.2. The second-order valence-corrected chi connectivity index (χ2v) is 4.95. The van der Waals surface area contributed by atoms with Gasteiger partial charge in [-0.05, 0) is 46.3 Å². The lowest BCUT2D eigenvalue weighted by Gasteiger charge is -2.04. The second-order valence-electron chi connectivity index (χ2n) is 4.14. The minimum atomic E-state index is -0.959. The molecular weight excluding hydrogens is 330 g/mol. The topological polar surface area (TPSA) is 34.4 Å². The first-order valence-corrected chi connectivity index (χ1v) is 6.48. The molecule has 0 saturated heterocycles. The number of carbonyl (C=O) groups is 1. The molecule has 1 aromatic carbocycles. The van der Waals surface area contributed by atoms with E-state index in [1.807, 2.05) is 0 Å². The molecule has 0 fully saturated rings. The maximum Gasteiger partial charge on any atom is 0.170 e. The van der Waals surface area contributed by atoms with E-state index in [1.165, 1.54) is 6.07 Å². The van der Waals surface area contributed by atoms with Gasteiger partial charge in [0.1, 0.15) is 11.5 Å². The molecule has 20 heavy (non-hydrogen) atoms. The largest absolute Gasteiger partial charge is 0.296 e. The SMILES string of the molecule is O=Cc1nc(-c2ccc(F)c(F)c2)n2c(Br)cccc12. The Labute approximate surface area is 121 Å². The fourth-order valence-electron chi connectivity index (χ4n) is 2.03. The number of halogens is 3. The zero-order valence-electron chi connectivity index (χ0n) is 9.98. The molecule has 0 radical (unpaired) electrons. The normalized spacial score (nSPS) is 10.9. The van der Waals surface area contributed by atoms with E-state index in [2.05, 4.69) is 20.9 Å². The Hall–Kier alpha value is -2.08. The van der Waals surface area contributed by atoms with Gasteiger partial charge < -0.3 is 0 Å². The summed E-state index contributed by atoms with van der Waals surface area (Å²) in [5, 5.41) is 0. The van der Waals surface area contributed by atoms with Crippen LogP contribution in [0.1, 0.15) is 10.5 Å². The van der Waals surface area contributed by atoms with Crippen molar-refractivity contribution in [1.82, 2.24) is 9.38 Å². The molecular formula is C14H7BrF2N2O. The second kappa shape index (κ2) is 4.79. The van der Waals surface area contributed by atoms with Crippen molar-refractivity contribution >= 4 is 27.7 Å². The minimum Gasteiger partial charge on any atom is -0.296 e. The molecule has 3 aromatic rings. The first-order chi connectivity index (χ1) is 9.61. The molecule has 0 aliphatic carbocycles. The molecule has 3 rings (SSSR count). The van der Waals surface area contributed by atoms with Gasteiger partial charge in [0.15, 0.2) is 17.9 Å². The molecule has 6 heteroatoms. The third-order valence-electron chi connectivity index (χ3n) is 2.93. The van der Waals surface area contributed by atoms with E-state index in [-0.39, 0.29) is 5.69 Å². The average molecular weight is 337 g/mol. The Morgan fingerprint density at radius 2 is 1.95 bits per heavy atom. The van der Waals surface area contributed by atoms with Crippen molar-refractivity contribution in [2.24, 2.45) is 0 Å². The predicted octanol–water partition coefficient (Wildman–Crippen LogP) is 3.85. The molecule has 0 amide bonds. The summed E-state index contributed by atoms with van der Waals surface area (Å²) in [5.74, 6) is -1.52. The molecule has 0 atom stereocenters. The van der Waals surface area contributed by atoms with Gasteiger partial charge in [0, 0.05) is 5.56 Å². The summed E-state index contributed by atoms with van der Waals surface area (Å²) >= 11 is 3.36. The number of nitrogens with zero attached hydrogens (tertiary/aromatic N) is 2. The number of carbonyl (C=O) groups excluding carboxylic acids is 1. The molecule has 0 N–H and O–H groups in total. The van der Waals surface area contributed by atoms with Gasteiger partial charge in [-0.2, -0.15) is 0 Å². The highest BCUT2D eigenvalue weighted by atomic mass is 79.9. The van der Waals surface area contributed by atoms with Gasteiger partial charge in [0.25, 0.3) is 0 Å². The van der Waals surface area contributed by atoms with Crippen LogP contribution >= 0.6 is 15.9 Å². The fraction of sp³-hybridized carbons (Fsp3) is 0. The lowest BCUT2D eigenvalue weighted by molar-refractivity contribution is 0.112. The Morgan fingerprint density at radius 1 is 1.15 bits per heavy atom. The van der Waals surface area contributed by atoms with Crippen molar-refractivity contribution in [3.05, 3.63) is 58.3 Å². The number of fused-ring (bicyclic) bond motifs is 1. The van der Waals surface area contributed by atoms with Gasteiger partial charge in [-0.25, -0.2) is 13.8 Å². The van der Waals surface area contributed by atoms with E-state index in [1.54, 1.807) is 22.6 Å². The van der Waals surface area contributed by atoms with Gasteiger partial charge in [-0.15, -0.1) is 0 Å². The predicted molar refractivity (Wildman–Crippen MR) is 73.6 cm³/mol. The summed E-state index contributed by atoms with van der Waals surface area (Å²) in [6, 6.07) is 8.77. The highest BCUT2D eigenvalue weighted by Gasteiger charge is 2.15. The van der Waals surface area contributed by atoms with Crippen LogP contribution in [-0.4, -0.2) is 15.7 Å². The highest BCUT2D eigenvalue weighted by molar-refractivity contribution is 9.10. The van der Waals surface area contributed by atoms with E-state index < -0.39 is 11.6 Å². The third kappa shape index (κ3) is 1.92. The first kappa shape index (κ1) is 12.9. The van der Waals surface area contributed by atoms with Crippen molar-refractivity contribution in [2.45, 2.75) is 0 Å². The molecule has 0 bridgehead atoms. The summed E-state index contributed by atoms with van der Waals surface area (Å²) < 4.78 is 28.7. The van der Waals surface area contributed by atoms with Crippen LogP contribution in [0.15, 0.2) is 41.0 Å². The summed E-state index contributed by atoms with van der Waals surface area (Å²) in [5.41, 5.74) is 1.22. The molecule has 0 unspecified atom stereocenters.